The highest BCUT2D eigenvalue weighted by Crippen LogP contribution is 2.25. The highest BCUT2D eigenvalue weighted by molar-refractivity contribution is 5.28. The van der Waals surface area contributed by atoms with E-state index < -0.39 is 12.2 Å². The second-order valence-corrected chi connectivity index (χ2v) is 4.36. The van der Waals surface area contributed by atoms with Crippen molar-refractivity contribution < 1.29 is 13.2 Å². The van der Waals surface area contributed by atoms with Gasteiger partial charge in [-0.2, -0.15) is 13.2 Å². The van der Waals surface area contributed by atoms with Gasteiger partial charge in [0.05, 0.1) is 0 Å². The third-order valence-electron chi connectivity index (χ3n) is 3.03. The summed E-state index contributed by atoms with van der Waals surface area (Å²) in [6, 6.07) is 0.0627. The molecule has 0 bridgehead atoms. The van der Waals surface area contributed by atoms with Gasteiger partial charge in [-0.05, 0) is 37.3 Å². The zero-order chi connectivity index (χ0) is 11.8. The quantitative estimate of drug-likeness (QED) is 0.807. The molecule has 90 valence electrons. The van der Waals surface area contributed by atoms with E-state index in [0.717, 1.165) is 36.9 Å². The Morgan fingerprint density at radius 3 is 2.62 bits per heavy atom. The molecule has 0 aliphatic heterocycles. The molecule has 1 unspecified atom stereocenters. The van der Waals surface area contributed by atoms with Crippen LogP contribution in [0.1, 0.15) is 29.8 Å². The van der Waals surface area contributed by atoms with Gasteiger partial charge in [-0.25, -0.2) is 0 Å². The normalized spacial score (nSPS) is 18.2. The van der Waals surface area contributed by atoms with Gasteiger partial charge in [0.1, 0.15) is 6.04 Å². The van der Waals surface area contributed by atoms with Crippen LogP contribution in [-0.4, -0.2) is 17.2 Å². The lowest BCUT2D eigenvalue weighted by molar-refractivity contribution is -0.147. The molecule has 0 saturated carbocycles. The van der Waals surface area contributed by atoms with Gasteiger partial charge >= 0.3 is 6.18 Å². The third-order valence-corrected chi connectivity index (χ3v) is 3.03. The number of hydrogen-bond acceptors (Lipinski definition) is 1. The van der Waals surface area contributed by atoms with E-state index in [4.69, 9.17) is 5.73 Å². The average Bonchev–Trinajstić information content (AvgIpc) is 2.58. The van der Waals surface area contributed by atoms with Crippen LogP contribution >= 0.6 is 0 Å². The molecule has 5 heteroatoms. The molecular formula is C11H15F3N2. The van der Waals surface area contributed by atoms with Gasteiger partial charge in [-0.1, -0.05) is 0 Å². The summed E-state index contributed by atoms with van der Waals surface area (Å²) in [5, 5.41) is 0. The summed E-state index contributed by atoms with van der Waals surface area (Å²) in [7, 11) is 0. The lowest BCUT2D eigenvalue weighted by Gasteiger charge is -2.14. The summed E-state index contributed by atoms with van der Waals surface area (Å²) >= 11 is 0. The lowest BCUT2D eigenvalue weighted by atomic mass is 9.98. The molecule has 0 radical (unpaired) electrons. The molecule has 1 aliphatic rings. The van der Waals surface area contributed by atoms with Gasteiger partial charge in [0.2, 0.25) is 0 Å². The molecule has 0 amide bonds. The van der Waals surface area contributed by atoms with E-state index in [2.05, 4.69) is 4.98 Å². The van der Waals surface area contributed by atoms with Gasteiger partial charge in [0, 0.05) is 17.8 Å². The first-order valence-electron chi connectivity index (χ1n) is 5.49. The van der Waals surface area contributed by atoms with Crippen LogP contribution in [0.25, 0.3) is 0 Å². The number of aryl methyl sites for hydroxylation is 2. The van der Waals surface area contributed by atoms with Crippen molar-refractivity contribution in [3.8, 4) is 0 Å². The maximum atomic E-state index is 12.3. The minimum absolute atomic E-state index is 0.156. The van der Waals surface area contributed by atoms with Gasteiger partial charge in [0.15, 0.2) is 0 Å². The van der Waals surface area contributed by atoms with Gasteiger partial charge in [0.25, 0.3) is 0 Å². The Morgan fingerprint density at radius 2 is 2.00 bits per heavy atom. The smallest absolute Gasteiger partial charge is 0.362 e. The number of alkyl halides is 3. The van der Waals surface area contributed by atoms with Crippen molar-refractivity contribution in [2.75, 3.05) is 0 Å². The molecule has 2 rings (SSSR count). The molecule has 1 atom stereocenters. The molecule has 0 spiro atoms. The van der Waals surface area contributed by atoms with Crippen LogP contribution in [0, 0.1) is 0 Å². The number of H-pyrrole nitrogens is 1. The summed E-state index contributed by atoms with van der Waals surface area (Å²) in [4.78, 5) is 3.06. The van der Waals surface area contributed by atoms with Gasteiger partial charge in [-0.15, -0.1) is 0 Å². The highest BCUT2D eigenvalue weighted by Gasteiger charge is 2.36. The number of fused-ring (bicyclic) bond motifs is 1. The predicted octanol–water partition coefficient (Wildman–Crippen LogP) is 2.33. The van der Waals surface area contributed by atoms with Crippen molar-refractivity contribution in [3.05, 3.63) is 23.0 Å². The molecule has 1 aliphatic carbocycles. The molecular weight excluding hydrogens is 217 g/mol. The summed E-state index contributed by atoms with van der Waals surface area (Å²) in [5.41, 5.74) is 7.96. The fourth-order valence-electron chi connectivity index (χ4n) is 2.13. The molecule has 1 aromatic heterocycles. The second kappa shape index (κ2) is 4.13. The minimum Gasteiger partial charge on any atom is -0.362 e. The van der Waals surface area contributed by atoms with Crippen molar-refractivity contribution >= 4 is 0 Å². The van der Waals surface area contributed by atoms with E-state index in [9.17, 15) is 13.2 Å². The average molecular weight is 232 g/mol. The first kappa shape index (κ1) is 11.5. The van der Waals surface area contributed by atoms with E-state index in [-0.39, 0.29) is 6.42 Å². The number of nitrogens with one attached hydrogen (secondary N) is 1. The number of halogens is 3. The van der Waals surface area contributed by atoms with Gasteiger partial charge in [-0.3, -0.25) is 0 Å². The SMILES string of the molecule is NC(Cc1cc2c([nH]1)CCCC2)C(F)(F)F. The zero-order valence-electron chi connectivity index (χ0n) is 8.90. The van der Waals surface area contributed by atoms with Crippen molar-refractivity contribution in [2.45, 2.75) is 44.3 Å². The maximum absolute atomic E-state index is 12.3. The Labute approximate surface area is 92.0 Å². The molecule has 0 fully saturated rings. The molecule has 0 saturated heterocycles. The van der Waals surface area contributed by atoms with Crippen LogP contribution in [0.3, 0.4) is 0 Å². The Kier molecular flexibility index (Phi) is 2.97. The van der Waals surface area contributed by atoms with E-state index >= 15 is 0 Å². The summed E-state index contributed by atoms with van der Waals surface area (Å²) in [5.74, 6) is 0. The Bertz CT molecular complexity index is 344. The summed E-state index contributed by atoms with van der Waals surface area (Å²) in [6.07, 6.45) is -0.334. The molecule has 0 aromatic carbocycles. The summed E-state index contributed by atoms with van der Waals surface area (Å²) in [6.45, 7) is 0. The molecule has 1 aromatic rings. The van der Waals surface area contributed by atoms with E-state index in [1.54, 1.807) is 0 Å². The largest absolute Gasteiger partial charge is 0.404 e. The van der Waals surface area contributed by atoms with Crippen molar-refractivity contribution in [1.29, 1.82) is 0 Å². The molecule has 3 N–H and O–H groups in total. The van der Waals surface area contributed by atoms with E-state index in [1.807, 2.05) is 6.07 Å². The Balaban J connectivity index is 2.08. The Hall–Kier alpha value is -0.970. The topological polar surface area (TPSA) is 41.8 Å². The summed E-state index contributed by atoms with van der Waals surface area (Å²) < 4.78 is 36.8. The number of aromatic amines is 1. The van der Waals surface area contributed by atoms with Crippen LogP contribution in [0.2, 0.25) is 0 Å². The van der Waals surface area contributed by atoms with Crippen molar-refractivity contribution in [1.82, 2.24) is 4.98 Å². The first-order chi connectivity index (χ1) is 7.47. The van der Waals surface area contributed by atoms with Gasteiger partial charge < -0.3 is 10.7 Å². The Morgan fingerprint density at radius 1 is 1.31 bits per heavy atom. The second-order valence-electron chi connectivity index (χ2n) is 4.36. The molecule has 1 heterocycles. The number of rotatable bonds is 2. The van der Waals surface area contributed by atoms with Crippen LogP contribution in [0.4, 0.5) is 13.2 Å². The fraction of sp³-hybridized carbons (Fsp3) is 0.636. The van der Waals surface area contributed by atoms with E-state index in [1.165, 1.54) is 0 Å². The zero-order valence-corrected chi connectivity index (χ0v) is 8.90. The lowest BCUT2D eigenvalue weighted by Crippen LogP contribution is -2.39. The monoisotopic (exact) mass is 232 g/mol. The predicted molar refractivity (Wildman–Crippen MR) is 55.2 cm³/mol. The minimum atomic E-state index is -4.31. The maximum Gasteiger partial charge on any atom is 0.404 e. The standard InChI is InChI=1S/C11H15F3N2/c12-11(13,14)10(15)6-8-5-7-3-1-2-4-9(7)16-8/h5,10,16H,1-4,6,15H2. The van der Waals surface area contributed by atoms with Crippen LogP contribution in [0.15, 0.2) is 6.07 Å². The highest BCUT2D eigenvalue weighted by atomic mass is 19.4. The number of nitrogens with two attached hydrogens (primary N) is 1. The number of aromatic nitrogens is 1. The first-order valence-corrected chi connectivity index (χ1v) is 5.49. The van der Waals surface area contributed by atoms with Crippen molar-refractivity contribution in [2.24, 2.45) is 5.73 Å². The fourth-order valence-corrected chi connectivity index (χ4v) is 2.13. The third kappa shape index (κ3) is 2.40. The molecule has 16 heavy (non-hydrogen) atoms. The van der Waals surface area contributed by atoms with Crippen LogP contribution < -0.4 is 5.73 Å². The van der Waals surface area contributed by atoms with E-state index in [0.29, 0.717) is 5.69 Å². The van der Waals surface area contributed by atoms with Crippen LogP contribution in [-0.2, 0) is 19.3 Å². The number of hydrogen-bond donors (Lipinski definition) is 2. The molecule has 2 nitrogen and oxygen atoms in total. The van der Waals surface area contributed by atoms with Crippen LogP contribution in [0.5, 0.6) is 0 Å². The van der Waals surface area contributed by atoms with Crippen molar-refractivity contribution in [3.63, 3.8) is 0 Å².